The fourth-order valence-corrected chi connectivity index (χ4v) is 3.18. The van der Waals surface area contributed by atoms with Gasteiger partial charge in [0, 0.05) is 0 Å². The van der Waals surface area contributed by atoms with Crippen molar-refractivity contribution in [3.05, 3.63) is 0 Å². The highest BCUT2D eigenvalue weighted by atomic mass is 32.2. The van der Waals surface area contributed by atoms with Crippen molar-refractivity contribution in [1.29, 1.82) is 0 Å². The highest BCUT2D eigenvalue weighted by Gasteiger charge is 2.52. The van der Waals surface area contributed by atoms with Crippen LogP contribution in [-0.4, -0.2) is 30.6 Å². The standard InChI is InChI=1S/C10H13F3O5S/c11-9(10(12,13)19(15,16)17)18-8(14)7-4-5-1-2-6(7)3-5/h5-7,9H,1-4H2,(H,15,16,17)/p-1. The number of ether oxygens (including phenoxy) is 1. The smallest absolute Gasteiger partial charge is 0.399 e. The molecule has 9 heteroatoms. The second-order valence-corrected chi connectivity index (χ2v) is 6.50. The van der Waals surface area contributed by atoms with Gasteiger partial charge in [-0.3, -0.25) is 4.79 Å². The van der Waals surface area contributed by atoms with E-state index in [0.717, 1.165) is 19.3 Å². The monoisotopic (exact) mass is 301 g/mol. The van der Waals surface area contributed by atoms with Crippen LogP contribution in [0.15, 0.2) is 0 Å². The first-order chi connectivity index (χ1) is 8.63. The largest absolute Gasteiger partial charge is 0.743 e. The highest BCUT2D eigenvalue weighted by molar-refractivity contribution is 7.86. The fraction of sp³-hybridized carbons (Fsp3) is 0.900. The van der Waals surface area contributed by atoms with Crippen LogP contribution in [0.25, 0.3) is 0 Å². The van der Waals surface area contributed by atoms with Gasteiger partial charge in [0.1, 0.15) is 0 Å². The molecule has 19 heavy (non-hydrogen) atoms. The minimum absolute atomic E-state index is 0.0258. The Hall–Kier alpha value is -0.830. The van der Waals surface area contributed by atoms with Gasteiger partial charge in [-0.25, -0.2) is 8.42 Å². The lowest BCUT2D eigenvalue weighted by atomic mass is 9.89. The molecule has 0 saturated heterocycles. The lowest BCUT2D eigenvalue weighted by molar-refractivity contribution is -0.188. The first kappa shape index (κ1) is 14.6. The Morgan fingerprint density at radius 3 is 2.37 bits per heavy atom. The minimum atomic E-state index is -6.22. The zero-order valence-electron chi connectivity index (χ0n) is 9.72. The summed E-state index contributed by atoms with van der Waals surface area (Å²) in [4.78, 5) is 11.5. The van der Waals surface area contributed by atoms with Gasteiger partial charge >= 0.3 is 17.6 Å². The number of halogens is 3. The molecule has 5 nitrogen and oxygen atoms in total. The second-order valence-electron chi connectivity index (χ2n) is 5.05. The SMILES string of the molecule is O=C(OC(F)C(F)(F)S(=O)(=O)[O-])C1CC2CCC1C2. The summed E-state index contributed by atoms with van der Waals surface area (Å²) in [5.74, 6) is -1.59. The number of hydrogen-bond acceptors (Lipinski definition) is 5. The Bertz CT molecular complexity index is 478. The van der Waals surface area contributed by atoms with Gasteiger partial charge in [0.2, 0.25) is 0 Å². The van der Waals surface area contributed by atoms with Gasteiger partial charge in [0.15, 0.2) is 10.1 Å². The Labute approximate surface area is 107 Å². The Morgan fingerprint density at radius 1 is 1.32 bits per heavy atom. The van der Waals surface area contributed by atoms with Gasteiger partial charge in [-0.2, -0.15) is 13.2 Å². The third kappa shape index (κ3) is 2.58. The molecule has 0 aliphatic heterocycles. The highest BCUT2D eigenvalue weighted by Crippen LogP contribution is 2.49. The van der Waals surface area contributed by atoms with E-state index in [4.69, 9.17) is 0 Å². The second kappa shape index (κ2) is 4.62. The van der Waals surface area contributed by atoms with Gasteiger partial charge in [-0.05, 0) is 31.1 Å². The van der Waals surface area contributed by atoms with Crippen molar-refractivity contribution in [2.24, 2.45) is 17.8 Å². The summed E-state index contributed by atoms with van der Waals surface area (Å²) >= 11 is 0. The number of carbonyl (C=O) groups is 1. The zero-order valence-corrected chi connectivity index (χ0v) is 10.5. The van der Waals surface area contributed by atoms with Crippen LogP contribution in [0.2, 0.25) is 0 Å². The predicted molar refractivity (Wildman–Crippen MR) is 54.6 cm³/mol. The molecule has 0 spiro atoms. The van der Waals surface area contributed by atoms with Crippen molar-refractivity contribution in [1.82, 2.24) is 0 Å². The van der Waals surface area contributed by atoms with E-state index in [1.807, 2.05) is 0 Å². The number of alkyl halides is 3. The van der Waals surface area contributed by atoms with Crippen LogP contribution in [-0.2, 0) is 19.6 Å². The van der Waals surface area contributed by atoms with E-state index in [-0.39, 0.29) is 5.92 Å². The number of rotatable bonds is 4. The molecule has 2 rings (SSSR count). The van der Waals surface area contributed by atoms with Crippen molar-refractivity contribution in [2.45, 2.75) is 37.3 Å². The normalized spacial score (nSPS) is 32.3. The summed E-state index contributed by atoms with van der Waals surface area (Å²) in [6.07, 6.45) is -0.864. The van der Waals surface area contributed by atoms with E-state index in [1.165, 1.54) is 0 Å². The molecule has 0 N–H and O–H groups in total. The number of hydrogen-bond donors (Lipinski definition) is 0. The molecule has 0 amide bonds. The molecule has 2 fully saturated rings. The summed E-state index contributed by atoms with van der Waals surface area (Å²) < 4.78 is 73.1. The molecule has 0 aromatic rings. The predicted octanol–water partition coefficient (Wildman–Crippen LogP) is 1.40. The maximum absolute atomic E-state index is 13.1. The van der Waals surface area contributed by atoms with Crippen molar-refractivity contribution in [2.75, 3.05) is 0 Å². The summed E-state index contributed by atoms with van der Waals surface area (Å²) in [7, 11) is -6.22. The number of carbonyl (C=O) groups excluding carboxylic acids is 1. The van der Waals surface area contributed by atoms with Gasteiger partial charge in [0.25, 0.3) is 0 Å². The Kier molecular flexibility index (Phi) is 3.54. The van der Waals surface area contributed by atoms with Crippen LogP contribution >= 0.6 is 0 Å². The third-order valence-electron chi connectivity index (χ3n) is 3.86. The summed E-state index contributed by atoms with van der Waals surface area (Å²) in [6.45, 7) is 0. The Morgan fingerprint density at radius 2 is 1.95 bits per heavy atom. The fourth-order valence-electron chi connectivity index (χ4n) is 2.90. The van der Waals surface area contributed by atoms with Crippen molar-refractivity contribution in [3.8, 4) is 0 Å². The summed E-state index contributed by atoms with van der Waals surface area (Å²) in [6, 6.07) is 0. The maximum atomic E-state index is 13.1. The molecule has 2 aliphatic rings. The van der Waals surface area contributed by atoms with Crippen molar-refractivity contribution in [3.63, 3.8) is 0 Å². The molecule has 4 unspecified atom stereocenters. The molecule has 2 saturated carbocycles. The molecule has 0 aromatic heterocycles. The van der Waals surface area contributed by atoms with Crippen LogP contribution in [0.4, 0.5) is 13.2 Å². The quantitative estimate of drug-likeness (QED) is 0.579. The van der Waals surface area contributed by atoms with Gasteiger partial charge < -0.3 is 9.29 Å². The van der Waals surface area contributed by atoms with E-state index >= 15 is 0 Å². The van der Waals surface area contributed by atoms with E-state index in [2.05, 4.69) is 4.74 Å². The van der Waals surface area contributed by atoms with Crippen molar-refractivity contribution >= 4 is 16.1 Å². The average Bonchev–Trinajstić information content (AvgIpc) is 2.88. The summed E-state index contributed by atoms with van der Waals surface area (Å²) in [5, 5.41) is -5.26. The van der Waals surface area contributed by atoms with E-state index in [1.54, 1.807) is 0 Å². The van der Waals surface area contributed by atoms with Crippen LogP contribution < -0.4 is 0 Å². The van der Waals surface area contributed by atoms with Crippen LogP contribution in [0.5, 0.6) is 0 Å². The topological polar surface area (TPSA) is 83.5 Å². The number of fused-ring (bicyclic) bond motifs is 2. The molecular weight excluding hydrogens is 289 g/mol. The lowest BCUT2D eigenvalue weighted by Crippen LogP contribution is -2.42. The minimum Gasteiger partial charge on any atom is -0.743 e. The third-order valence-corrected chi connectivity index (χ3v) is 4.71. The van der Waals surface area contributed by atoms with Crippen LogP contribution in [0.3, 0.4) is 0 Å². The zero-order chi connectivity index (χ0) is 14.4. The van der Waals surface area contributed by atoms with E-state index < -0.39 is 33.6 Å². The molecule has 0 heterocycles. The molecular formula is C10H12F3O5S-. The summed E-state index contributed by atoms with van der Waals surface area (Å²) in [5.41, 5.74) is 0. The number of esters is 1. The first-order valence-electron chi connectivity index (χ1n) is 5.80. The van der Waals surface area contributed by atoms with Crippen molar-refractivity contribution < 1.29 is 35.7 Å². The van der Waals surface area contributed by atoms with E-state index in [0.29, 0.717) is 12.3 Å². The molecule has 0 radical (unpaired) electrons. The van der Waals surface area contributed by atoms with E-state index in [9.17, 15) is 30.9 Å². The molecule has 2 aliphatic carbocycles. The molecule has 4 atom stereocenters. The van der Waals surface area contributed by atoms with Gasteiger partial charge in [-0.15, -0.1) is 0 Å². The maximum Gasteiger partial charge on any atom is 0.399 e. The van der Waals surface area contributed by atoms with Crippen LogP contribution in [0.1, 0.15) is 25.7 Å². The van der Waals surface area contributed by atoms with Crippen LogP contribution in [0, 0.1) is 17.8 Å². The first-order valence-corrected chi connectivity index (χ1v) is 7.21. The van der Waals surface area contributed by atoms with Gasteiger partial charge in [-0.1, -0.05) is 6.42 Å². The average molecular weight is 301 g/mol. The molecule has 0 aromatic carbocycles. The lowest BCUT2D eigenvalue weighted by Gasteiger charge is -2.25. The Balaban J connectivity index is 2.00. The van der Waals surface area contributed by atoms with Gasteiger partial charge in [0.05, 0.1) is 5.92 Å². The molecule has 110 valence electrons. The molecule has 2 bridgehead atoms.